The number of allylic oxidation sites excluding steroid dienone is 2. The van der Waals surface area contributed by atoms with Crippen molar-refractivity contribution in [2.45, 2.75) is 121 Å². The van der Waals surface area contributed by atoms with Gasteiger partial charge in [0.05, 0.1) is 12.6 Å². The van der Waals surface area contributed by atoms with Crippen LogP contribution in [0.25, 0.3) is 0 Å². The van der Waals surface area contributed by atoms with Gasteiger partial charge in [-0.15, -0.1) is 0 Å². The summed E-state index contributed by atoms with van der Waals surface area (Å²) in [7, 11) is 3.73. The highest BCUT2D eigenvalue weighted by Crippen LogP contribution is 2.19. The van der Waals surface area contributed by atoms with E-state index in [-0.39, 0.29) is 24.1 Å². The zero-order chi connectivity index (χ0) is 21.2. The molecule has 5 heteroatoms. The van der Waals surface area contributed by atoms with Crippen LogP contribution in [0.4, 0.5) is 0 Å². The summed E-state index contributed by atoms with van der Waals surface area (Å²) in [5, 5.41) is 3.14. The van der Waals surface area contributed by atoms with Crippen LogP contribution >= 0.6 is 0 Å². The maximum atomic E-state index is 12.2. The van der Waals surface area contributed by atoms with Crippen molar-refractivity contribution in [2.24, 2.45) is 0 Å². The Hall–Kier alpha value is -0.805. The summed E-state index contributed by atoms with van der Waals surface area (Å²) in [6, 6.07) is 0.292. The lowest BCUT2D eigenvalue weighted by Gasteiger charge is -2.19. The van der Waals surface area contributed by atoms with Crippen molar-refractivity contribution in [1.82, 2.24) is 5.32 Å². The van der Waals surface area contributed by atoms with Gasteiger partial charge in [-0.3, -0.25) is 4.79 Å². The molecule has 0 aromatic carbocycles. The molecule has 168 valence electrons. The highest BCUT2D eigenvalue weighted by Gasteiger charge is 2.33. The Morgan fingerprint density at radius 1 is 1.00 bits per heavy atom. The van der Waals surface area contributed by atoms with Gasteiger partial charge in [-0.05, 0) is 38.5 Å². The first-order valence-corrected chi connectivity index (χ1v) is 12.3. The molecule has 1 saturated heterocycles. The Morgan fingerprint density at radius 3 is 2.21 bits per heavy atom. The Balaban J connectivity index is 1.90. The van der Waals surface area contributed by atoms with Gasteiger partial charge >= 0.3 is 0 Å². The van der Waals surface area contributed by atoms with Gasteiger partial charge < -0.3 is 14.8 Å². The zero-order valence-corrected chi connectivity index (χ0v) is 19.4. The van der Waals surface area contributed by atoms with Gasteiger partial charge in [0.2, 0.25) is 5.91 Å². The van der Waals surface area contributed by atoms with Gasteiger partial charge in [-0.1, -0.05) is 70.4 Å². The summed E-state index contributed by atoms with van der Waals surface area (Å²) in [5.41, 5.74) is 0. The maximum absolute atomic E-state index is 12.2. The third-order valence-corrected chi connectivity index (χ3v) is 5.78. The van der Waals surface area contributed by atoms with E-state index < -0.39 is 0 Å². The minimum absolute atomic E-state index is 0.00642. The second-order valence-electron chi connectivity index (χ2n) is 8.68. The normalized spacial score (nSPS) is 21.8. The lowest BCUT2D eigenvalue weighted by Crippen LogP contribution is -2.42. The largest absolute Gasteiger partial charge is 0.382 e. The van der Waals surface area contributed by atoms with Gasteiger partial charge in [0.25, 0.3) is 0 Å². The maximum Gasteiger partial charge on any atom is 0.220 e. The van der Waals surface area contributed by atoms with Crippen molar-refractivity contribution in [3.05, 3.63) is 12.2 Å². The molecule has 1 rings (SSSR count). The van der Waals surface area contributed by atoms with E-state index >= 15 is 0 Å². The summed E-state index contributed by atoms with van der Waals surface area (Å²) >= 11 is 0. The fourth-order valence-electron chi connectivity index (χ4n) is 4.06. The molecule has 0 aliphatic carbocycles. The molecule has 0 spiro atoms. The molecule has 29 heavy (non-hydrogen) atoms. The summed E-state index contributed by atoms with van der Waals surface area (Å²) in [5.74, 6) is 0.159. The lowest BCUT2D eigenvalue weighted by molar-refractivity contribution is -0.122. The number of hydrogen-bond acceptors (Lipinski definition) is 3. The topological polar surface area (TPSA) is 47.6 Å². The van der Waals surface area contributed by atoms with Crippen molar-refractivity contribution in [3.8, 4) is 0 Å². The second kappa shape index (κ2) is 18.0. The molecule has 1 aliphatic rings. The highest BCUT2D eigenvalue weighted by atomic mass is 16.5. The van der Waals surface area contributed by atoms with E-state index in [9.17, 15) is 4.79 Å². The third-order valence-electron chi connectivity index (χ3n) is 5.78. The predicted octanol–water partition coefficient (Wildman–Crippen LogP) is 4.90. The molecule has 0 aromatic rings. The molecule has 1 aliphatic heterocycles. The zero-order valence-electron chi connectivity index (χ0n) is 19.4. The van der Waals surface area contributed by atoms with Crippen LogP contribution in [0.3, 0.4) is 0 Å². The van der Waals surface area contributed by atoms with E-state index in [1.54, 1.807) is 7.11 Å². The molecule has 1 N–H and O–H groups in total. The standard InChI is InChI=1S/C24H46BNO3/c1-3-4-5-6-7-8-9-10-11-12-13-14-15-16-17-18-24(27)26-21-19-23(25)29-22(21)20-28-2/h10-11,21-23H,3-9,12-20,25H2,1-2H3,(H,26,27)/b11-10-/t21-,22+,23+/m0/s1. The van der Waals surface area contributed by atoms with E-state index in [1.807, 2.05) is 0 Å². The molecule has 1 heterocycles. The Labute approximate surface area is 181 Å². The lowest BCUT2D eigenvalue weighted by atomic mass is 9.95. The molecule has 3 atom stereocenters. The van der Waals surface area contributed by atoms with Crippen LogP contribution in [0, 0.1) is 0 Å². The highest BCUT2D eigenvalue weighted by molar-refractivity contribution is 6.11. The summed E-state index contributed by atoms with van der Waals surface area (Å²) in [4.78, 5) is 12.2. The molecule has 0 unspecified atom stereocenters. The van der Waals surface area contributed by atoms with Crippen molar-refractivity contribution in [1.29, 1.82) is 0 Å². The van der Waals surface area contributed by atoms with Crippen LogP contribution in [0.15, 0.2) is 12.2 Å². The minimum Gasteiger partial charge on any atom is -0.382 e. The Bertz CT molecular complexity index is 430. The molecular formula is C24H46BNO3. The van der Waals surface area contributed by atoms with Gasteiger partial charge in [0.15, 0.2) is 0 Å². The minimum atomic E-state index is -0.00642. The molecule has 4 nitrogen and oxygen atoms in total. The molecule has 1 amide bonds. The molecule has 0 saturated carbocycles. The number of carbonyl (C=O) groups excluding carboxylic acids is 1. The average Bonchev–Trinajstić information content (AvgIpc) is 3.04. The quantitative estimate of drug-likeness (QED) is 0.200. The van der Waals surface area contributed by atoms with E-state index in [1.165, 1.54) is 70.6 Å². The van der Waals surface area contributed by atoms with Gasteiger partial charge in [0, 0.05) is 19.5 Å². The summed E-state index contributed by atoms with van der Waals surface area (Å²) in [6.45, 7) is 2.81. The number of rotatable bonds is 18. The Kier molecular flexibility index (Phi) is 16.3. The molecule has 0 radical (unpaired) electrons. The van der Waals surface area contributed by atoms with Gasteiger partial charge in [-0.25, -0.2) is 0 Å². The Morgan fingerprint density at radius 2 is 1.59 bits per heavy atom. The number of unbranched alkanes of at least 4 members (excludes halogenated alkanes) is 11. The van der Waals surface area contributed by atoms with Gasteiger partial charge in [-0.2, -0.15) is 0 Å². The fourth-order valence-corrected chi connectivity index (χ4v) is 4.06. The van der Waals surface area contributed by atoms with E-state index in [0.717, 1.165) is 19.3 Å². The van der Waals surface area contributed by atoms with E-state index in [0.29, 0.717) is 13.0 Å². The SMILES string of the molecule is B[C@H]1C[C@H](NC(=O)CCCCCCC/C=C\CCCCCCCC)[C@@H](COC)O1. The van der Waals surface area contributed by atoms with Crippen LogP contribution in [-0.2, 0) is 14.3 Å². The summed E-state index contributed by atoms with van der Waals surface area (Å²) in [6.07, 6.45) is 22.9. The smallest absolute Gasteiger partial charge is 0.220 e. The number of amides is 1. The first-order valence-electron chi connectivity index (χ1n) is 12.3. The number of nitrogens with one attached hydrogen (secondary N) is 1. The molecule has 0 bridgehead atoms. The molecular weight excluding hydrogens is 361 g/mol. The number of ether oxygens (including phenoxy) is 2. The average molecular weight is 407 g/mol. The predicted molar refractivity (Wildman–Crippen MR) is 125 cm³/mol. The monoisotopic (exact) mass is 407 g/mol. The fraction of sp³-hybridized carbons (Fsp3) is 0.875. The number of hydrogen-bond donors (Lipinski definition) is 1. The second-order valence-corrected chi connectivity index (χ2v) is 8.68. The third kappa shape index (κ3) is 13.9. The molecule has 1 fully saturated rings. The van der Waals surface area contributed by atoms with Crippen LogP contribution in [0.5, 0.6) is 0 Å². The van der Waals surface area contributed by atoms with Crippen LogP contribution in [0.2, 0.25) is 0 Å². The van der Waals surface area contributed by atoms with Crippen LogP contribution in [0.1, 0.15) is 103 Å². The van der Waals surface area contributed by atoms with Crippen molar-refractivity contribution >= 4 is 13.8 Å². The van der Waals surface area contributed by atoms with E-state index in [4.69, 9.17) is 9.47 Å². The summed E-state index contributed by atoms with van der Waals surface area (Å²) < 4.78 is 11.0. The number of methoxy groups -OCH3 is 1. The van der Waals surface area contributed by atoms with Gasteiger partial charge in [0.1, 0.15) is 14.0 Å². The number of carbonyl (C=O) groups is 1. The van der Waals surface area contributed by atoms with Crippen LogP contribution in [-0.4, -0.2) is 45.6 Å². The van der Waals surface area contributed by atoms with Crippen molar-refractivity contribution < 1.29 is 14.3 Å². The first-order chi connectivity index (χ1) is 14.2. The van der Waals surface area contributed by atoms with Crippen molar-refractivity contribution in [2.75, 3.05) is 13.7 Å². The molecule has 0 aromatic heterocycles. The van der Waals surface area contributed by atoms with Crippen molar-refractivity contribution in [3.63, 3.8) is 0 Å². The van der Waals surface area contributed by atoms with Crippen LogP contribution < -0.4 is 5.32 Å². The first kappa shape index (κ1) is 26.2. The van der Waals surface area contributed by atoms with E-state index in [2.05, 4.69) is 32.2 Å².